The van der Waals surface area contributed by atoms with Crippen LogP contribution >= 0.6 is 11.8 Å². The monoisotopic (exact) mass is 290 g/mol. The molecule has 1 heterocycles. The van der Waals surface area contributed by atoms with Crippen molar-refractivity contribution in [3.8, 4) is 0 Å². The Kier molecular flexibility index (Phi) is 4.20. The van der Waals surface area contributed by atoms with Gasteiger partial charge in [0.25, 0.3) is 0 Å². The summed E-state index contributed by atoms with van der Waals surface area (Å²) in [5, 5.41) is 3.13. The van der Waals surface area contributed by atoms with E-state index in [-0.39, 0.29) is 6.03 Å². The summed E-state index contributed by atoms with van der Waals surface area (Å²) in [5.41, 5.74) is 2.85. The smallest absolute Gasteiger partial charge is 0.317 e. The second kappa shape index (κ2) is 6.08. The van der Waals surface area contributed by atoms with Crippen LogP contribution in [0.15, 0.2) is 24.3 Å². The van der Waals surface area contributed by atoms with Crippen molar-refractivity contribution < 1.29 is 4.79 Å². The highest BCUT2D eigenvalue weighted by molar-refractivity contribution is 7.99. The van der Waals surface area contributed by atoms with E-state index in [4.69, 9.17) is 0 Å². The molecule has 1 N–H and O–H groups in total. The molecule has 108 valence electrons. The van der Waals surface area contributed by atoms with E-state index in [2.05, 4.69) is 36.5 Å². The lowest BCUT2D eigenvalue weighted by atomic mass is 9.78. The largest absolute Gasteiger partial charge is 0.337 e. The SMILES string of the molecule is CC1CCSCCN1C(=O)NCC1Cc2ccccc21. The molecule has 1 aliphatic carbocycles. The maximum atomic E-state index is 12.3. The average molecular weight is 290 g/mol. The summed E-state index contributed by atoms with van der Waals surface area (Å²) in [6.45, 7) is 3.80. The van der Waals surface area contributed by atoms with E-state index in [1.54, 1.807) is 0 Å². The Labute approximate surface area is 125 Å². The van der Waals surface area contributed by atoms with E-state index in [0.29, 0.717) is 12.0 Å². The Hall–Kier alpha value is -1.16. The van der Waals surface area contributed by atoms with E-state index < -0.39 is 0 Å². The van der Waals surface area contributed by atoms with Crippen LogP contribution in [0, 0.1) is 0 Å². The number of hydrogen-bond acceptors (Lipinski definition) is 2. The molecule has 1 aliphatic heterocycles. The Balaban J connectivity index is 1.53. The van der Waals surface area contributed by atoms with Gasteiger partial charge >= 0.3 is 6.03 Å². The third-order valence-electron chi connectivity index (χ3n) is 4.41. The molecule has 1 aromatic carbocycles. The molecule has 2 aliphatic rings. The molecule has 0 bridgehead atoms. The standard InChI is InChI=1S/C16H22N2OS/c1-12-6-8-20-9-7-18(12)16(19)17-11-14-10-13-4-2-3-5-15(13)14/h2-5,12,14H,6-11H2,1H3,(H,17,19). The number of fused-ring (bicyclic) bond motifs is 1. The van der Waals surface area contributed by atoms with Crippen molar-refractivity contribution in [1.82, 2.24) is 10.2 Å². The summed E-state index contributed by atoms with van der Waals surface area (Å²) in [6, 6.07) is 9.01. The van der Waals surface area contributed by atoms with Crippen molar-refractivity contribution in [2.75, 3.05) is 24.6 Å². The van der Waals surface area contributed by atoms with Gasteiger partial charge in [-0.3, -0.25) is 0 Å². The molecule has 0 radical (unpaired) electrons. The molecule has 1 aromatic rings. The first-order valence-corrected chi connectivity index (χ1v) is 8.61. The van der Waals surface area contributed by atoms with Gasteiger partial charge in [-0.25, -0.2) is 4.79 Å². The summed E-state index contributed by atoms with van der Waals surface area (Å²) in [6.07, 6.45) is 2.20. The summed E-state index contributed by atoms with van der Waals surface area (Å²) >= 11 is 1.95. The minimum atomic E-state index is 0.115. The van der Waals surface area contributed by atoms with Crippen molar-refractivity contribution in [1.29, 1.82) is 0 Å². The molecule has 0 aromatic heterocycles. The number of rotatable bonds is 2. The predicted molar refractivity (Wildman–Crippen MR) is 84.4 cm³/mol. The number of carbonyl (C=O) groups is 1. The van der Waals surface area contributed by atoms with Crippen LogP contribution in [-0.4, -0.2) is 41.6 Å². The van der Waals surface area contributed by atoms with Crippen LogP contribution < -0.4 is 5.32 Å². The molecule has 2 amide bonds. The molecule has 2 unspecified atom stereocenters. The Bertz CT molecular complexity index is 491. The maximum Gasteiger partial charge on any atom is 0.317 e. The van der Waals surface area contributed by atoms with Crippen molar-refractivity contribution in [3.05, 3.63) is 35.4 Å². The highest BCUT2D eigenvalue weighted by atomic mass is 32.2. The molecule has 3 rings (SSSR count). The molecule has 20 heavy (non-hydrogen) atoms. The van der Waals surface area contributed by atoms with Gasteiger partial charge in [0.15, 0.2) is 0 Å². The first kappa shape index (κ1) is 13.8. The molecule has 1 saturated heterocycles. The number of nitrogens with zero attached hydrogens (tertiary/aromatic N) is 1. The third-order valence-corrected chi connectivity index (χ3v) is 5.41. The molecular weight excluding hydrogens is 268 g/mol. The third kappa shape index (κ3) is 2.80. The lowest BCUT2D eigenvalue weighted by Gasteiger charge is -2.32. The van der Waals surface area contributed by atoms with E-state index in [1.807, 2.05) is 16.7 Å². The van der Waals surface area contributed by atoms with Gasteiger partial charge in [-0.2, -0.15) is 11.8 Å². The minimum Gasteiger partial charge on any atom is -0.337 e. The molecule has 3 nitrogen and oxygen atoms in total. The zero-order valence-corrected chi connectivity index (χ0v) is 12.8. The number of nitrogens with one attached hydrogen (secondary N) is 1. The number of benzene rings is 1. The highest BCUT2D eigenvalue weighted by Gasteiger charge is 2.27. The Morgan fingerprint density at radius 3 is 3.10 bits per heavy atom. The average Bonchev–Trinajstić information content (AvgIpc) is 2.64. The van der Waals surface area contributed by atoms with Gasteiger partial charge < -0.3 is 10.2 Å². The lowest BCUT2D eigenvalue weighted by Crippen LogP contribution is -2.47. The molecule has 2 atom stereocenters. The Morgan fingerprint density at radius 2 is 2.25 bits per heavy atom. The number of amides is 2. The van der Waals surface area contributed by atoms with Crippen LogP contribution in [0.4, 0.5) is 4.79 Å². The molecule has 0 spiro atoms. The van der Waals surface area contributed by atoms with Crippen LogP contribution in [0.3, 0.4) is 0 Å². The number of thioether (sulfide) groups is 1. The molecule has 0 saturated carbocycles. The summed E-state index contributed by atoms with van der Waals surface area (Å²) < 4.78 is 0. The van der Waals surface area contributed by atoms with Gasteiger partial charge in [-0.05, 0) is 36.6 Å². The number of hydrogen-bond donors (Lipinski definition) is 1. The summed E-state index contributed by atoms with van der Waals surface area (Å²) in [4.78, 5) is 14.3. The van der Waals surface area contributed by atoms with Gasteiger partial charge in [-0.15, -0.1) is 0 Å². The van der Waals surface area contributed by atoms with Crippen LogP contribution in [0.25, 0.3) is 0 Å². The normalized spacial score (nSPS) is 25.4. The quantitative estimate of drug-likeness (QED) is 0.908. The zero-order valence-electron chi connectivity index (χ0n) is 12.0. The minimum absolute atomic E-state index is 0.115. The van der Waals surface area contributed by atoms with E-state index in [1.165, 1.54) is 16.9 Å². The second-order valence-corrected chi connectivity index (χ2v) is 6.95. The van der Waals surface area contributed by atoms with Crippen molar-refractivity contribution in [2.24, 2.45) is 0 Å². The zero-order chi connectivity index (χ0) is 13.9. The van der Waals surface area contributed by atoms with Gasteiger partial charge in [0.1, 0.15) is 0 Å². The van der Waals surface area contributed by atoms with Crippen LogP contribution in [0.5, 0.6) is 0 Å². The number of urea groups is 1. The first-order valence-electron chi connectivity index (χ1n) is 7.45. The Morgan fingerprint density at radius 1 is 1.40 bits per heavy atom. The fourth-order valence-corrected chi connectivity index (χ4v) is 4.09. The maximum absolute atomic E-state index is 12.3. The lowest BCUT2D eigenvalue weighted by molar-refractivity contribution is 0.182. The second-order valence-electron chi connectivity index (χ2n) is 5.73. The van der Waals surface area contributed by atoms with Gasteiger partial charge in [0.05, 0.1) is 0 Å². The summed E-state index contributed by atoms with van der Waals surface area (Å²) in [7, 11) is 0. The molecule has 1 fully saturated rings. The van der Waals surface area contributed by atoms with Crippen molar-refractivity contribution in [2.45, 2.75) is 31.7 Å². The van der Waals surface area contributed by atoms with E-state index in [9.17, 15) is 4.79 Å². The van der Waals surface area contributed by atoms with E-state index >= 15 is 0 Å². The van der Waals surface area contributed by atoms with Gasteiger partial charge in [-0.1, -0.05) is 24.3 Å². The topological polar surface area (TPSA) is 32.3 Å². The predicted octanol–water partition coefficient (Wildman–Crippen LogP) is 2.86. The fraction of sp³-hybridized carbons (Fsp3) is 0.562. The van der Waals surface area contributed by atoms with Crippen molar-refractivity contribution in [3.63, 3.8) is 0 Å². The molecular formula is C16H22N2OS. The number of carbonyl (C=O) groups excluding carboxylic acids is 1. The summed E-state index contributed by atoms with van der Waals surface area (Å²) in [5.74, 6) is 2.73. The fourth-order valence-electron chi connectivity index (χ4n) is 3.05. The van der Waals surface area contributed by atoms with Crippen LogP contribution in [-0.2, 0) is 6.42 Å². The van der Waals surface area contributed by atoms with E-state index in [0.717, 1.165) is 31.7 Å². The highest BCUT2D eigenvalue weighted by Crippen LogP contribution is 2.34. The molecule has 4 heteroatoms. The van der Waals surface area contributed by atoms with Crippen molar-refractivity contribution >= 4 is 17.8 Å². The van der Waals surface area contributed by atoms with Gasteiger partial charge in [0, 0.05) is 30.8 Å². The van der Waals surface area contributed by atoms with Crippen LogP contribution in [0.2, 0.25) is 0 Å². The van der Waals surface area contributed by atoms with Crippen LogP contribution in [0.1, 0.15) is 30.4 Å². The first-order chi connectivity index (χ1) is 9.75. The van der Waals surface area contributed by atoms with Gasteiger partial charge in [0.2, 0.25) is 0 Å².